The first-order valence-electron chi connectivity index (χ1n) is 4.01. The maximum atomic E-state index is 3.29. The third-order valence-corrected chi connectivity index (χ3v) is 2.39. The van der Waals surface area contributed by atoms with Gasteiger partial charge < -0.3 is 4.98 Å². The van der Waals surface area contributed by atoms with Gasteiger partial charge in [-0.3, -0.25) is 0 Å². The molecular weight excluding hydrogens is 122 g/mol. The van der Waals surface area contributed by atoms with Gasteiger partial charge in [-0.25, -0.2) is 0 Å². The van der Waals surface area contributed by atoms with E-state index in [-0.39, 0.29) is 0 Å². The Bertz CT molecular complexity index is 224. The standard InChI is InChI=1S/C9H13N/c1-7-2-3-8-4-5-10-9(8)6-7/h4-5,7,10H,2-3,6H2,1H3/t7-/m1/s1. The molecule has 0 fully saturated rings. The fourth-order valence-electron chi connectivity index (χ4n) is 1.71. The molecule has 0 spiro atoms. The smallest absolute Gasteiger partial charge is 0.0182 e. The lowest BCUT2D eigenvalue weighted by molar-refractivity contribution is 0.496. The molecule has 0 aliphatic heterocycles. The molecule has 1 heterocycles. The van der Waals surface area contributed by atoms with Crippen LogP contribution in [0.5, 0.6) is 0 Å². The molecule has 0 radical (unpaired) electrons. The summed E-state index contributed by atoms with van der Waals surface area (Å²) in [4.78, 5) is 3.29. The lowest BCUT2D eigenvalue weighted by atomic mass is 9.90. The summed E-state index contributed by atoms with van der Waals surface area (Å²) in [6, 6.07) is 2.21. The van der Waals surface area contributed by atoms with Crippen molar-refractivity contribution in [2.24, 2.45) is 5.92 Å². The Labute approximate surface area is 61.5 Å². The SMILES string of the molecule is C[C@@H]1CCc2cc[nH]c2C1. The maximum Gasteiger partial charge on any atom is 0.0182 e. The average molecular weight is 135 g/mol. The third-order valence-electron chi connectivity index (χ3n) is 2.39. The van der Waals surface area contributed by atoms with Gasteiger partial charge in [0.1, 0.15) is 0 Å². The lowest BCUT2D eigenvalue weighted by Gasteiger charge is -2.17. The zero-order valence-electron chi connectivity index (χ0n) is 6.35. The Morgan fingerprint density at radius 1 is 1.60 bits per heavy atom. The van der Waals surface area contributed by atoms with Crippen LogP contribution in [-0.2, 0) is 12.8 Å². The Kier molecular flexibility index (Phi) is 1.30. The van der Waals surface area contributed by atoms with Crippen molar-refractivity contribution in [2.45, 2.75) is 26.2 Å². The first kappa shape index (κ1) is 6.02. The molecule has 10 heavy (non-hydrogen) atoms. The molecule has 1 aromatic rings. The van der Waals surface area contributed by atoms with Gasteiger partial charge in [0.15, 0.2) is 0 Å². The summed E-state index contributed by atoms with van der Waals surface area (Å²) < 4.78 is 0. The molecule has 0 saturated carbocycles. The minimum Gasteiger partial charge on any atom is -0.365 e. The highest BCUT2D eigenvalue weighted by Gasteiger charge is 2.14. The molecule has 0 bridgehead atoms. The van der Waals surface area contributed by atoms with Gasteiger partial charge in [0.25, 0.3) is 0 Å². The van der Waals surface area contributed by atoms with Crippen LogP contribution in [0.1, 0.15) is 24.6 Å². The third kappa shape index (κ3) is 0.859. The van der Waals surface area contributed by atoms with E-state index in [4.69, 9.17) is 0 Å². The minimum atomic E-state index is 0.881. The van der Waals surface area contributed by atoms with Crippen molar-refractivity contribution in [3.05, 3.63) is 23.5 Å². The van der Waals surface area contributed by atoms with Crippen molar-refractivity contribution in [2.75, 3.05) is 0 Å². The second-order valence-corrected chi connectivity index (χ2v) is 3.33. The monoisotopic (exact) mass is 135 g/mol. The molecule has 0 amide bonds. The van der Waals surface area contributed by atoms with Crippen LogP contribution >= 0.6 is 0 Å². The fourth-order valence-corrected chi connectivity index (χ4v) is 1.71. The summed E-state index contributed by atoms with van der Waals surface area (Å²) >= 11 is 0. The highest BCUT2D eigenvalue weighted by Crippen LogP contribution is 2.23. The van der Waals surface area contributed by atoms with E-state index in [9.17, 15) is 0 Å². The molecule has 54 valence electrons. The normalized spacial score (nSPS) is 24.3. The van der Waals surface area contributed by atoms with E-state index in [1.54, 1.807) is 0 Å². The summed E-state index contributed by atoms with van der Waals surface area (Å²) in [7, 11) is 0. The number of hydrogen-bond donors (Lipinski definition) is 1. The van der Waals surface area contributed by atoms with Crippen LogP contribution in [0.15, 0.2) is 12.3 Å². The topological polar surface area (TPSA) is 15.8 Å². The van der Waals surface area contributed by atoms with Crippen molar-refractivity contribution in [1.29, 1.82) is 0 Å². The molecule has 1 N–H and O–H groups in total. The zero-order chi connectivity index (χ0) is 6.97. The van der Waals surface area contributed by atoms with E-state index in [1.165, 1.54) is 30.5 Å². The van der Waals surface area contributed by atoms with Crippen LogP contribution in [0.2, 0.25) is 0 Å². The van der Waals surface area contributed by atoms with E-state index < -0.39 is 0 Å². The van der Waals surface area contributed by atoms with E-state index >= 15 is 0 Å². The van der Waals surface area contributed by atoms with E-state index in [0.29, 0.717) is 0 Å². The van der Waals surface area contributed by atoms with Gasteiger partial charge in [-0.15, -0.1) is 0 Å². The number of hydrogen-bond acceptors (Lipinski definition) is 0. The van der Waals surface area contributed by atoms with Gasteiger partial charge >= 0.3 is 0 Å². The second-order valence-electron chi connectivity index (χ2n) is 3.33. The van der Waals surface area contributed by atoms with Crippen LogP contribution < -0.4 is 0 Å². The molecular formula is C9H13N. The number of aromatic amines is 1. The largest absolute Gasteiger partial charge is 0.365 e. The molecule has 1 nitrogen and oxygen atoms in total. The van der Waals surface area contributed by atoms with Crippen molar-refractivity contribution >= 4 is 0 Å². The number of nitrogens with one attached hydrogen (secondary N) is 1. The van der Waals surface area contributed by atoms with Gasteiger partial charge in [-0.05, 0) is 36.8 Å². The predicted octanol–water partition coefficient (Wildman–Crippen LogP) is 2.14. The Morgan fingerprint density at radius 2 is 2.50 bits per heavy atom. The summed E-state index contributed by atoms with van der Waals surface area (Å²) in [6.07, 6.45) is 5.95. The van der Waals surface area contributed by atoms with Gasteiger partial charge in [-0.2, -0.15) is 0 Å². The summed E-state index contributed by atoms with van der Waals surface area (Å²) in [5.74, 6) is 0.881. The van der Waals surface area contributed by atoms with Crippen molar-refractivity contribution in [1.82, 2.24) is 4.98 Å². The lowest BCUT2D eigenvalue weighted by Crippen LogP contribution is -2.09. The van der Waals surface area contributed by atoms with Gasteiger partial charge in [-0.1, -0.05) is 6.92 Å². The van der Waals surface area contributed by atoms with Crippen LogP contribution in [0.25, 0.3) is 0 Å². The van der Waals surface area contributed by atoms with Crippen LogP contribution in [-0.4, -0.2) is 4.98 Å². The second kappa shape index (κ2) is 2.15. The molecule has 1 aliphatic rings. The number of H-pyrrole nitrogens is 1. The van der Waals surface area contributed by atoms with Gasteiger partial charge in [0, 0.05) is 11.9 Å². The highest BCUT2D eigenvalue weighted by atomic mass is 14.7. The maximum absolute atomic E-state index is 3.29. The molecule has 1 aliphatic carbocycles. The molecule has 1 heteroatoms. The van der Waals surface area contributed by atoms with Crippen LogP contribution in [0.4, 0.5) is 0 Å². The minimum absolute atomic E-state index is 0.881. The molecule has 0 saturated heterocycles. The summed E-state index contributed by atoms with van der Waals surface area (Å²) in [6.45, 7) is 2.32. The first-order valence-corrected chi connectivity index (χ1v) is 4.01. The van der Waals surface area contributed by atoms with Crippen LogP contribution in [0, 0.1) is 5.92 Å². The van der Waals surface area contributed by atoms with Gasteiger partial charge in [0.2, 0.25) is 0 Å². The van der Waals surface area contributed by atoms with E-state index in [0.717, 1.165) is 5.92 Å². The summed E-state index contributed by atoms with van der Waals surface area (Å²) in [5, 5.41) is 0. The molecule has 1 atom stereocenters. The molecule has 0 unspecified atom stereocenters. The average Bonchev–Trinajstić information content (AvgIpc) is 2.33. The Balaban J connectivity index is 2.30. The van der Waals surface area contributed by atoms with E-state index in [1.807, 2.05) is 0 Å². The predicted molar refractivity (Wildman–Crippen MR) is 42.0 cm³/mol. The fraction of sp³-hybridized carbons (Fsp3) is 0.556. The number of fused-ring (bicyclic) bond motifs is 1. The zero-order valence-corrected chi connectivity index (χ0v) is 6.35. The quantitative estimate of drug-likeness (QED) is 0.561. The van der Waals surface area contributed by atoms with E-state index in [2.05, 4.69) is 24.2 Å². The van der Waals surface area contributed by atoms with Crippen LogP contribution in [0.3, 0.4) is 0 Å². The Hall–Kier alpha value is -0.720. The first-order chi connectivity index (χ1) is 4.86. The highest BCUT2D eigenvalue weighted by molar-refractivity contribution is 5.23. The summed E-state index contributed by atoms with van der Waals surface area (Å²) in [5.41, 5.74) is 3.01. The van der Waals surface area contributed by atoms with Crippen molar-refractivity contribution < 1.29 is 0 Å². The van der Waals surface area contributed by atoms with Crippen molar-refractivity contribution in [3.63, 3.8) is 0 Å². The number of rotatable bonds is 0. The number of aromatic nitrogens is 1. The number of aryl methyl sites for hydroxylation is 1. The molecule has 1 aromatic heterocycles. The molecule has 2 rings (SSSR count). The van der Waals surface area contributed by atoms with Crippen molar-refractivity contribution in [3.8, 4) is 0 Å². The van der Waals surface area contributed by atoms with Gasteiger partial charge in [0.05, 0.1) is 0 Å². The Morgan fingerprint density at radius 3 is 3.40 bits per heavy atom. The molecule has 0 aromatic carbocycles.